The van der Waals surface area contributed by atoms with Gasteiger partial charge < -0.3 is 4.74 Å². The summed E-state index contributed by atoms with van der Waals surface area (Å²) in [4.78, 5) is 12.0. The molecule has 0 heterocycles. The Morgan fingerprint density at radius 3 is 0.767 bits per heavy atom. The van der Waals surface area contributed by atoms with E-state index >= 15 is 0 Å². The van der Waals surface area contributed by atoms with Crippen LogP contribution in [0.1, 0.15) is 251 Å². The first-order valence-corrected chi connectivity index (χ1v) is 20.5. The van der Waals surface area contributed by atoms with Gasteiger partial charge in [-0.05, 0) is 12.8 Å². The highest BCUT2D eigenvalue weighted by Gasteiger charge is 2.03. The highest BCUT2D eigenvalue weighted by Crippen LogP contribution is 2.16. The van der Waals surface area contributed by atoms with Crippen molar-refractivity contribution in [2.75, 3.05) is 6.61 Å². The van der Waals surface area contributed by atoms with Crippen LogP contribution in [0, 0.1) is 0 Å². The van der Waals surface area contributed by atoms with Crippen molar-refractivity contribution in [3.63, 3.8) is 0 Å². The zero-order chi connectivity index (χ0) is 31.2. The molecule has 0 fully saturated rings. The van der Waals surface area contributed by atoms with Crippen molar-refractivity contribution in [1.29, 1.82) is 0 Å². The summed E-state index contributed by atoms with van der Waals surface area (Å²) < 4.78 is 5.46. The Kier molecular flexibility index (Phi) is 39.0. The SMILES string of the molecule is CCCCCCCCCCCCCCCCCCCCCC(=O)OCCCCCCCCCCCCCCCCCCC. The van der Waals surface area contributed by atoms with Crippen molar-refractivity contribution in [1.82, 2.24) is 0 Å². The fraction of sp³-hybridized carbons (Fsp3) is 0.976. The molecule has 0 aromatic carbocycles. The lowest BCUT2D eigenvalue weighted by atomic mass is 10.0. The van der Waals surface area contributed by atoms with E-state index in [2.05, 4.69) is 13.8 Å². The Morgan fingerprint density at radius 2 is 0.512 bits per heavy atom. The van der Waals surface area contributed by atoms with E-state index in [1.165, 1.54) is 218 Å². The van der Waals surface area contributed by atoms with Crippen molar-refractivity contribution in [3.05, 3.63) is 0 Å². The maximum absolute atomic E-state index is 12.0. The lowest BCUT2D eigenvalue weighted by molar-refractivity contribution is -0.143. The minimum Gasteiger partial charge on any atom is -0.466 e. The second-order valence-electron chi connectivity index (χ2n) is 14.0. The molecule has 0 bridgehead atoms. The lowest BCUT2D eigenvalue weighted by Gasteiger charge is -2.06. The van der Waals surface area contributed by atoms with E-state index in [4.69, 9.17) is 4.74 Å². The second-order valence-corrected chi connectivity index (χ2v) is 14.0. The predicted molar refractivity (Wildman–Crippen MR) is 193 cm³/mol. The smallest absolute Gasteiger partial charge is 0.305 e. The number of carbonyl (C=O) groups is 1. The van der Waals surface area contributed by atoms with E-state index in [0.29, 0.717) is 13.0 Å². The van der Waals surface area contributed by atoms with Gasteiger partial charge in [-0.1, -0.05) is 232 Å². The monoisotopic (exact) mass is 607 g/mol. The van der Waals surface area contributed by atoms with Crippen molar-refractivity contribution in [2.45, 2.75) is 251 Å². The van der Waals surface area contributed by atoms with E-state index < -0.39 is 0 Å². The first-order chi connectivity index (χ1) is 21.3. The molecule has 0 saturated carbocycles. The fourth-order valence-corrected chi connectivity index (χ4v) is 6.43. The van der Waals surface area contributed by atoms with E-state index in [0.717, 1.165) is 12.8 Å². The summed E-state index contributed by atoms with van der Waals surface area (Å²) >= 11 is 0. The zero-order valence-electron chi connectivity index (χ0n) is 30.2. The van der Waals surface area contributed by atoms with Crippen LogP contribution in [0.4, 0.5) is 0 Å². The number of ether oxygens (including phenoxy) is 1. The molecule has 0 amide bonds. The van der Waals surface area contributed by atoms with Crippen LogP contribution in [0.15, 0.2) is 0 Å². The molecule has 0 atom stereocenters. The Labute approximate surface area is 273 Å². The number of hydrogen-bond donors (Lipinski definition) is 0. The van der Waals surface area contributed by atoms with Gasteiger partial charge in [-0.2, -0.15) is 0 Å². The summed E-state index contributed by atoms with van der Waals surface area (Å²) in [5.74, 6) is 0.0310. The summed E-state index contributed by atoms with van der Waals surface area (Å²) in [6, 6.07) is 0. The minimum atomic E-state index is 0.0310. The molecule has 0 spiro atoms. The standard InChI is InChI=1S/C41H82O2/c1-3-5-7-9-11-13-15-17-19-21-22-23-25-27-29-31-33-35-37-39-41(42)43-40-38-36-34-32-30-28-26-24-20-18-16-14-12-10-8-6-4-2/h3-40H2,1-2H3. The predicted octanol–water partition coefficient (Wildman–Crippen LogP) is 15.0. The lowest BCUT2D eigenvalue weighted by Crippen LogP contribution is -2.05. The van der Waals surface area contributed by atoms with Crippen molar-refractivity contribution in [3.8, 4) is 0 Å². The summed E-state index contributed by atoms with van der Waals surface area (Å²) in [5, 5.41) is 0. The molecule has 0 aromatic heterocycles. The third kappa shape index (κ3) is 39.4. The van der Waals surface area contributed by atoms with Crippen LogP contribution >= 0.6 is 0 Å². The van der Waals surface area contributed by atoms with Crippen LogP contribution in [0.25, 0.3) is 0 Å². The topological polar surface area (TPSA) is 26.3 Å². The maximum atomic E-state index is 12.0. The molecule has 0 aliphatic rings. The highest BCUT2D eigenvalue weighted by atomic mass is 16.5. The van der Waals surface area contributed by atoms with Crippen molar-refractivity contribution >= 4 is 5.97 Å². The van der Waals surface area contributed by atoms with Crippen molar-refractivity contribution in [2.24, 2.45) is 0 Å². The van der Waals surface area contributed by atoms with Crippen LogP contribution in [0.2, 0.25) is 0 Å². The van der Waals surface area contributed by atoms with Gasteiger partial charge in [0.15, 0.2) is 0 Å². The van der Waals surface area contributed by atoms with E-state index in [9.17, 15) is 4.79 Å². The summed E-state index contributed by atoms with van der Waals surface area (Å²) in [7, 11) is 0. The van der Waals surface area contributed by atoms with E-state index in [1.807, 2.05) is 0 Å². The minimum absolute atomic E-state index is 0.0310. The molecule has 43 heavy (non-hydrogen) atoms. The Balaban J connectivity index is 3.14. The van der Waals surface area contributed by atoms with Crippen LogP contribution in [-0.2, 0) is 9.53 Å². The van der Waals surface area contributed by atoms with Crippen LogP contribution in [0.5, 0.6) is 0 Å². The van der Waals surface area contributed by atoms with Crippen LogP contribution in [0.3, 0.4) is 0 Å². The molecule has 0 aliphatic heterocycles. The van der Waals surface area contributed by atoms with E-state index in [-0.39, 0.29) is 5.97 Å². The van der Waals surface area contributed by atoms with Crippen molar-refractivity contribution < 1.29 is 9.53 Å². The van der Waals surface area contributed by atoms with Gasteiger partial charge in [0, 0.05) is 6.42 Å². The average molecular weight is 607 g/mol. The second kappa shape index (κ2) is 39.5. The Morgan fingerprint density at radius 1 is 0.302 bits per heavy atom. The largest absolute Gasteiger partial charge is 0.466 e. The maximum Gasteiger partial charge on any atom is 0.305 e. The molecule has 0 N–H and O–H groups in total. The normalized spacial score (nSPS) is 11.4. The van der Waals surface area contributed by atoms with Gasteiger partial charge in [0.1, 0.15) is 0 Å². The van der Waals surface area contributed by atoms with Gasteiger partial charge in [-0.25, -0.2) is 0 Å². The molecule has 258 valence electrons. The molecule has 2 nitrogen and oxygen atoms in total. The summed E-state index contributed by atoms with van der Waals surface area (Å²) in [5.41, 5.74) is 0. The summed E-state index contributed by atoms with van der Waals surface area (Å²) in [6.07, 6.45) is 50.5. The summed E-state index contributed by atoms with van der Waals surface area (Å²) in [6.45, 7) is 5.23. The molecule has 0 rings (SSSR count). The average Bonchev–Trinajstić information content (AvgIpc) is 3.01. The number of rotatable bonds is 38. The van der Waals surface area contributed by atoms with Gasteiger partial charge in [-0.15, -0.1) is 0 Å². The molecular weight excluding hydrogens is 524 g/mol. The molecule has 2 heteroatoms. The quantitative estimate of drug-likeness (QED) is 0.0516. The fourth-order valence-electron chi connectivity index (χ4n) is 6.43. The molecule has 0 radical (unpaired) electrons. The van der Waals surface area contributed by atoms with E-state index in [1.54, 1.807) is 0 Å². The first-order valence-electron chi connectivity index (χ1n) is 20.5. The molecular formula is C41H82O2. The van der Waals surface area contributed by atoms with Gasteiger partial charge in [0.05, 0.1) is 6.61 Å². The van der Waals surface area contributed by atoms with Gasteiger partial charge in [0.2, 0.25) is 0 Å². The number of unbranched alkanes of at least 4 members (excludes halogenated alkanes) is 34. The number of esters is 1. The van der Waals surface area contributed by atoms with Gasteiger partial charge >= 0.3 is 5.97 Å². The number of hydrogen-bond acceptors (Lipinski definition) is 2. The van der Waals surface area contributed by atoms with Crippen LogP contribution < -0.4 is 0 Å². The van der Waals surface area contributed by atoms with Crippen LogP contribution in [-0.4, -0.2) is 12.6 Å². The Bertz CT molecular complexity index is 502. The molecule has 0 saturated heterocycles. The molecule has 0 aliphatic carbocycles. The first kappa shape index (κ1) is 42.5. The molecule has 0 aromatic rings. The number of carbonyl (C=O) groups excluding carboxylic acids is 1. The third-order valence-electron chi connectivity index (χ3n) is 9.50. The third-order valence-corrected chi connectivity index (χ3v) is 9.50. The van der Waals surface area contributed by atoms with Gasteiger partial charge in [-0.3, -0.25) is 4.79 Å². The highest BCUT2D eigenvalue weighted by molar-refractivity contribution is 5.69. The zero-order valence-corrected chi connectivity index (χ0v) is 30.2. The van der Waals surface area contributed by atoms with Gasteiger partial charge in [0.25, 0.3) is 0 Å². The Hall–Kier alpha value is -0.530. The molecule has 0 unspecified atom stereocenters.